The van der Waals surface area contributed by atoms with Gasteiger partial charge in [0, 0.05) is 6.42 Å². The summed E-state index contributed by atoms with van der Waals surface area (Å²) < 4.78 is 17.7. The van der Waals surface area contributed by atoms with E-state index in [1.807, 2.05) is 0 Å². The van der Waals surface area contributed by atoms with Crippen LogP contribution in [0.4, 0.5) is 0 Å². The highest BCUT2D eigenvalue weighted by Crippen LogP contribution is 2.13. The Morgan fingerprint density at radius 1 is 0.697 bits per heavy atom. The number of rotatable bonds is 22. The minimum absolute atomic E-state index is 0.107. The number of unbranched alkanes of at least 4 members (excludes halogenated alkanes) is 11. The highest BCUT2D eigenvalue weighted by atomic mass is 28.4. The first kappa shape index (κ1) is 32.6. The van der Waals surface area contributed by atoms with Crippen LogP contribution in [0, 0.1) is 0 Å². The standard InChI is InChI=1S/C27H56O4Si2/c1-8-9-10-11-12-13-14-15-16-17-18-19-20-21-22-23-27(28)29-24-26(31-33(5,6)7)25-30-32(2,3)4/h15-16,26H,8-14,17-25H2,1-7H3/b16-15+. The van der Waals surface area contributed by atoms with Crippen LogP contribution in [0.1, 0.15) is 96.8 Å². The van der Waals surface area contributed by atoms with E-state index in [1.165, 1.54) is 70.6 Å². The van der Waals surface area contributed by atoms with E-state index in [1.54, 1.807) is 0 Å². The van der Waals surface area contributed by atoms with Crippen LogP contribution in [0.3, 0.4) is 0 Å². The molecule has 0 heterocycles. The first-order chi connectivity index (χ1) is 15.5. The van der Waals surface area contributed by atoms with Crippen LogP contribution in [-0.4, -0.2) is 41.9 Å². The van der Waals surface area contributed by atoms with Gasteiger partial charge in [-0.15, -0.1) is 0 Å². The van der Waals surface area contributed by atoms with E-state index in [2.05, 4.69) is 58.4 Å². The van der Waals surface area contributed by atoms with E-state index in [4.69, 9.17) is 13.6 Å². The van der Waals surface area contributed by atoms with Crippen LogP contribution >= 0.6 is 0 Å². The number of ether oxygens (including phenoxy) is 1. The maximum atomic E-state index is 12.1. The molecule has 33 heavy (non-hydrogen) atoms. The van der Waals surface area contributed by atoms with Gasteiger partial charge >= 0.3 is 5.97 Å². The van der Waals surface area contributed by atoms with E-state index in [9.17, 15) is 4.79 Å². The summed E-state index contributed by atoms with van der Waals surface area (Å²) >= 11 is 0. The Bertz CT molecular complexity index is 495. The minimum Gasteiger partial charge on any atom is -0.463 e. The van der Waals surface area contributed by atoms with Crippen LogP contribution < -0.4 is 0 Å². The topological polar surface area (TPSA) is 44.8 Å². The van der Waals surface area contributed by atoms with E-state index >= 15 is 0 Å². The van der Waals surface area contributed by atoms with Crippen molar-refractivity contribution in [2.24, 2.45) is 0 Å². The van der Waals surface area contributed by atoms with Crippen molar-refractivity contribution in [2.45, 2.75) is 142 Å². The minimum atomic E-state index is -1.71. The van der Waals surface area contributed by atoms with Crippen molar-refractivity contribution in [2.75, 3.05) is 13.2 Å². The average molecular weight is 501 g/mol. The fourth-order valence-corrected chi connectivity index (χ4v) is 5.38. The Morgan fingerprint density at radius 2 is 1.21 bits per heavy atom. The Morgan fingerprint density at radius 3 is 1.73 bits per heavy atom. The third kappa shape index (κ3) is 26.0. The van der Waals surface area contributed by atoms with E-state index in [0.717, 1.165) is 12.8 Å². The predicted molar refractivity (Wildman–Crippen MR) is 148 cm³/mol. The van der Waals surface area contributed by atoms with Gasteiger partial charge in [-0.2, -0.15) is 0 Å². The SMILES string of the molecule is CCCCCCCC/C=C/CCCCCCCC(=O)OCC(CO[Si](C)(C)C)O[Si](C)(C)C. The molecule has 1 atom stereocenters. The van der Waals surface area contributed by atoms with Crippen LogP contribution in [-0.2, 0) is 18.4 Å². The number of hydrogen-bond donors (Lipinski definition) is 0. The molecule has 0 spiro atoms. The fourth-order valence-electron chi connectivity index (χ4n) is 3.56. The molecular weight excluding hydrogens is 444 g/mol. The highest BCUT2D eigenvalue weighted by Gasteiger charge is 2.25. The van der Waals surface area contributed by atoms with Crippen molar-refractivity contribution in [3.05, 3.63) is 12.2 Å². The number of esters is 1. The van der Waals surface area contributed by atoms with Crippen molar-refractivity contribution >= 4 is 22.6 Å². The molecule has 4 nitrogen and oxygen atoms in total. The molecule has 1 unspecified atom stereocenters. The van der Waals surface area contributed by atoms with E-state index < -0.39 is 16.6 Å². The van der Waals surface area contributed by atoms with Gasteiger partial charge in [-0.1, -0.05) is 70.4 Å². The summed E-state index contributed by atoms with van der Waals surface area (Å²) in [7, 11) is -3.33. The fraction of sp³-hybridized carbons (Fsp3) is 0.889. The lowest BCUT2D eigenvalue weighted by molar-refractivity contribution is -0.146. The zero-order chi connectivity index (χ0) is 25.0. The summed E-state index contributed by atoms with van der Waals surface area (Å²) in [5, 5.41) is 0. The quantitative estimate of drug-likeness (QED) is 0.0645. The second-order valence-electron chi connectivity index (χ2n) is 11.3. The van der Waals surface area contributed by atoms with Gasteiger partial charge in [0.2, 0.25) is 0 Å². The largest absolute Gasteiger partial charge is 0.463 e. The summed E-state index contributed by atoms with van der Waals surface area (Å²) in [4.78, 5) is 12.1. The predicted octanol–water partition coefficient (Wildman–Crippen LogP) is 8.64. The van der Waals surface area contributed by atoms with Gasteiger partial charge in [0.05, 0.1) is 6.61 Å². The molecule has 0 radical (unpaired) electrons. The van der Waals surface area contributed by atoms with Crippen molar-refractivity contribution in [3.8, 4) is 0 Å². The molecule has 0 saturated heterocycles. The number of carbonyl (C=O) groups excluding carboxylic acids is 1. The lowest BCUT2D eigenvalue weighted by atomic mass is 10.1. The molecule has 6 heteroatoms. The molecule has 0 rings (SSSR count). The maximum Gasteiger partial charge on any atom is 0.305 e. The average Bonchev–Trinajstić information content (AvgIpc) is 2.71. The van der Waals surface area contributed by atoms with Crippen LogP contribution in [0.25, 0.3) is 0 Å². The Kier molecular flexibility index (Phi) is 19.6. The molecule has 0 N–H and O–H groups in total. The van der Waals surface area contributed by atoms with Gasteiger partial charge in [-0.05, 0) is 71.4 Å². The number of hydrogen-bond acceptors (Lipinski definition) is 4. The molecule has 0 amide bonds. The first-order valence-corrected chi connectivity index (χ1v) is 20.5. The molecule has 0 aromatic heterocycles. The molecule has 0 aliphatic rings. The van der Waals surface area contributed by atoms with E-state index in [-0.39, 0.29) is 12.1 Å². The van der Waals surface area contributed by atoms with Crippen molar-refractivity contribution in [3.63, 3.8) is 0 Å². The summed E-state index contributed by atoms with van der Waals surface area (Å²) in [6.45, 7) is 16.0. The van der Waals surface area contributed by atoms with Crippen molar-refractivity contribution in [1.29, 1.82) is 0 Å². The summed E-state index contributed by atoms with van der Waals surface area (Å²) in [5.74, 6) is -0.107. The monoisotopic (exact) mass is 500 g/mol. The van der Waals surface area contributed by atoms with Crippen LogP contribution in [0.5, 0.6) is 0 Å². The Labute approximate surface area is 208 Å². The number of carbonyl (C=O) groups is 1. The van der Waals surface area contributed by atoms with Crippen molar-refractivity contribution in [1.82, 2.24) is 0 Å². The second-order valence-corrected chi connectivity index (χ2v) is 20.3. The van der Waals surface area contributed by atoms with Gasteiger partial charge < -0.3 is 13.6 Å². The van der Waals surface area contributed by atoms with Crippen molar-refractivity contribution < 1.29 is 18.4 Å². The highest BCUT2D eigenvalue weighted by molar-refractivity contribution is 6.70. The summed E-state index contributed by atoms with van der Waals surface area (Å²) in [6, 6.07) is 0. The molecule has 0 bridgehead atoms. The summed E-state index contributed by atoms with van der Waals surface area (Å²) in [5.41, 5.74) is 0. The third-order valence-electron chi connectivity index (χ3n) is 5.30. The van der Waals surface area contributed by atoms with Gasteiger partial charge in [0.15, 0.2) is 16.6 Å². The first-order valence-electron chi connectivity index (χ1n) is 13.7. The van der Waals surface area contributed by atoms with E-state index in [0.29, 0.717) is 19.6 Å². The molecule has 0 saturated carbocycles. The lowest BCUT2D eigenvalue weighted by Crippen LogP contribution is -2.40. The van der Waals surface area contributed by atoms with Gasteiger partial charge in [0.25, 0.3) is 0 Å². The molecule has 0 aromatic carbocycles. The lowest BCUT2D eigenvalue weighted by Gasteiger charge is -2.28. The molecule has 0 aromatic rings. The maximum absolute atomic E-state index is 12.1. The van der Waals surface area contributed by atoms with Gasteiger partial charge in [-0.25, -0.2) is 0 Å². The normalized spacial score (nSPS) is 13.5. The third-order valence-corrected chi connectivity index (χ3v) is 7.37. The van der Waals surface area contributed by atoms with Gasteiger partial charge in [-0.3, -0.25) is 4.79 Å². The zero-order valence-corrected chi connectivity index (χ0v) is 25.2. The molecule has 0 aliphatic heterocycles. The summed E-state index contributed by atoms with van der Waals surface area (Å²) in [6.07, 6.45) is 21.5. The smallest absolute Gasteiger partial charge is 0.305 e. The Balaban J connectivity index is 3.74. The van der Waals surface area contributed by atoms with Gasteiger partial charge in [0.1, 0.15) is 12.7 Å². The molecule has 0 fully saturated rings. The van der Waals surface area contributed by atoms with Crippen LogP contribution in [0.15, 0.2) is 12.2 Å². The second kappa shape index (κ2) is 19.8. The Hall–Kier alpha value is -0.436. The zero-order valence-electron chi connectivity index (χ0n) is 23.2. The van der Waals surface area contributed by atoms with Crippen LogP contribution in [0.2, 0.25) is 39.3 Å². The number of allylic oxidation sites excluding steroid dienone is 2. The molecule has 0 aliphatic carbocycles. The molecule has 196 valence electrons. The molecular formula is C27H56O4Si2.